The molecule has 0 saturated carbocycles. The molecule has 1 aromatic rings. The lowest BCUT2D eigenvalue weighted by molar-refractivity contribution is 0.541. The van der Waals surface area contributed by atoms with Gasteiger partial charge in [0.15, 0.2) is 0 Å². The van der Waals surface area contributed by atoms with Crippen molar-refractivity contribution >= 4 is 6.29 Å². The van der Waals surface area contributed by atoms with Crippen molar-refractivity contribution in [2.45, 2.75) is 25.8 Å². The van der Waals surface area contributed by atoms with Gasteiger partial charge in [-0.1, -0.05) is 31.2 Å². The van der Waals surface area contributed by atoms with Crippen LogP contribution in [0.5, 0.6) is 0 Å². The second-order valence-corrected chi connectivity index (χ2v) is 3.10. The Morgan fingerprint density at radius 2 is 1.85 bits per heavy atom. The molecule has 0 spiro atoms. The van der Waals surface area contributed by atoms with Crippen molar-refractivity contribution in [2.75, 3.05) is 0 Å². The van der Waals surface area contributed by atoms with Crippen molar-refractivity contribution < 1.29 is 4.79 Å². The third kappa shape index (κ3) is 2.99. The Hall–Kier alpha value is -1.15. The number of nitrogens with two attached hydrogens (primary N) is 1. The first kappa shape index (κ1) is 9.93. The minimum Gasteiger partial charge on any atom is -0.321 e. The molecule has 0 heterocycles. The molecule has 1 atom stereocenters. The van der Waals surface area contributed by atoms with Crippen LogP contribution < -0.4 is 5.73 Å². The molecule has 0 amide bonds. The van der Waals surface area contributed by atoms with Crippen molar-refractivity contribution in [3.05, 3.63) is 35.4 Å². The molecule has 1 radical (unpaired) electrons. The molecule has 0 saturated heterocycles. The quantitative estimate of drug-likeness (QED) is 0.749. The molecule has 69 valence electrons. The Morgan fingerprint density at radius 1 is 1.31 bits per heavy atom. The SMILES string of the molecule is CCc1ccc(C[C@@H](N)[C]=O)cc1. The summed E-state index contributed by atoms with van der Waals surface area (Å²) in [5, 5.41) is 0. The predicted molar refractivity (Wildman–Crippen MR) is 53.2 cm³/mol. The fraction of sp³-hybridized carbons (Fsp3) is 0.364. The van der Waals surface area contributed by atoms with Crippen LogP contribution in [0.2, 0.25) is 0 Å². The summed E-state index contributed by atoms with van der Waals surface area (Å²) in [6.45, 7) is 2.11. The first-order valence-corrected chi connectivity index (χ1v) is 4.47. The highest BCUT2D eigenvalue weighted by Gasteiger charge is 2.02. The molecule has 2 nitrogen and oxygen atoms in total. The van der Waals surface area contributed by atoms with Crippen LogP contribution in [-0.4, -0.2) is 12.3 Å². The topological polar surface area (TPSA) is 43.1 Å². The standard InChI is InChI=1S/C11H14NO/c1-2-9-3-5-10(6-4-9)7-11(12)8-13/h3-6,11H,2,7,12H2,1H3/t11-/m1/s1. The lowest BCUT2D eigenvalue weighted by Crippen LogP contribution is -2.23. The maximum atomic E-state index is 10.2. The van der Waals surface area contributed by atoms with E-state index in [1.54, 1.807) is 6.29 Å². The summed E-state index contributed by atoms with van der Waals surface area (Å²) in [6.07, 6.45) is 3.38. The highest BCUT2D eigenvalue weighted by Crippen LogP contribution is 2.06. The van der Waals surface area contributed by atoms with Gasteiger partial charge in [0.05, 0.1) is 6.04 Å². The van der Waals surface area contributed by atoms with Crippen LogP contribution in [0.3, 0.4) is 0 Å². The van der Waals surface area contributed by atoms with Gasteiger partial charge in [0.1, 0.15) is 0 Å². The van der Waals surface area contributed by atoms with Crippen molar-refractivity contribution in [2.24, 2.45) is 5.73 Å². The maximum Gasteiger partial charge on any atom is 0.217 e. The van der Waals surface area contributed by atoms with E-state index in [2.05, 4.69) is 19.1 Å². The van der Waals surface area contributed by atoms with Crippen LogP contribution in [0.4, 0.5) is 0 Å². The van der Waals surface area contributed by atoms with Crippen molar-refractivity contribution in [3.63, 3.8) is 0 Å². The summed E-state index contributed by atoms with van der Waals surface area (Å²) in [5.41, 5.74) is 7.84. The lowest BCUT2D eigenvalue weighted by Gasteiger charge is -2.03. The zero-order valence-electron chi connectivity index (χ0n) is 7.79. The summed E-state index contributed by atoms with van der Waals surface area (Å²) >= 11 is 0. The normalized spacial score (nSPS) is 12.5. The van der Waals surface area contributed by atoms with E-state index < -0.39 is 6.04 Å². The molecule has 0 unspecified atom stereocenters. The predicted octanol–water partition coefficient (Wildman–Crippen LogP) is 1.23. The van der Waals surface area contributed by atoms with E-state index in [1.807, 2.05) is 12.1 Å². The maximum absolute atomic E-state index is 10.2. The van der Waals surface area contributed by atoms with Gasteiger partial charge in [0.25, 0.3) is 0 Å². The first-order chi connectivity index (χ1) is 6.26. The highest BCUT2D eigenvalue weighted by molar-refractivity contribution is 5.58. The van der Waals surface area contributed by atoms with Gasteiger partial charge in [0.2, 0.25) is 6.29 Å². The summed E-state index contributed by atoms with van der Waals surface area (Å²) in [4.78, 5) is 10.2. The number of rotatable bonds is 4. The van der Waals surface area contributed by atoms with Crippen LogP contribution in [0.25, 0.3) is 0 Å². The van der Waals surface area contributed by atoms with E-state index in [1.165, 1.54) is 5.56 Å². The Kier molecular flexibility index (Phi) is 3.65. The molecule has 0 aliphatic heterocycles. The fourth-order valence-electron chi connectivity index (χ4n) is 1.21. The monoisotopic (exact) mass is 176 g/mol. The summed E-state index contributed by atoms with van der Waals surface area (Å²) in [6, 6.07) is 7.65. The molecule has 2 heteroatoms. The number of hydrogen-bond donors (Lipinski definition) is 1. The van der Waals surface area contributed by atoms with E-state index in [9.17, 15) is 4.79 Å². The molecular formula is C11H14NO. The largest absolute Gasteiger partial charge is 0.321 e. The Bertz CT molecular complexity index is 266. The van der Waals surface area contributed by atoms with E-state index in [-0.39, 0.29) is 0 Å². The van der Waals surface area contributed by atoms with E-state index >= 15 is 0 Å². The molecule has 0 bridgehead atoms. The summed E-state index contributed by atoms with van der Waals surface area (Å²) < 4.78 is 0. The highest BCUT2D eigenvalue weighted by atomic mass is 16.1. The number of hydrogen-bond acceptors (Lipinski definition) is 2. The Morgan fingerprint density at radius 3 is 2.31 bits per heavy atom. The lowest BCUT2D eigenvalue weighted by atomic mass is 10.0. The van der Waals surface area contributed by atoms with Gasteiger partial charge in [-0.15, -0.1) is 0 Å². The Labute approximate surface area is 78.8 Å². The molecule has 0 fully saturated rings. The molecule has 2 N–H and O–H groups in total. The van der Waals surface area contributed by atoms with Gasteiger partial charge in [-0.25, -0.2) is 0 Å². The average molecular weight is 176 g/mol. The van der Waals surface area contributed by atoms with Gasteiger partial charge < -0.3 is 5.73 Å². The van der Waals surface area contributed by atoms with E-state index in [4.69, 9.17) is 5.73 Å². The van der Waals surface area contributed by atoms with Gasteiger partial charge in [0, 0.05) is 0 Å². The third-order valence-electron chi connectivity index (χ3n) is 2.04. The average Bonchev–Trinajstić information content (AvgIpc) is 2.19. The van der Waals surface area contributed by atoms with Crippen LogP contribution in [-0.2, 0) is 17.6 Å². The molecule has 1 aromatic carbocycles. The first-order valence-electron chi connectivity index (χ1n) is 4.47. The zero-order chi connectivity index (χ0) is 9.68. The van der Waals surface area contributed by atoms with Gasteiger partial charge in [-0.3, -0.25) is 4.79 Å². The molecule has 0 aliphatic carbocycles. The Balaban J connectivity index is 2.63. The van der Waals surface area contributed by atoms with Crippen LogP contribution in [0.15, 0.2) is 24.3 Å². The second-order valence-electron chi connectivity index (χ2n) is 3.10. The number of carbonyl (C=O) groups excluding carboxylic acids is 1. The molecule has 1 rings (SSSR count). The fourth-order valence-corrected chi connectivity index (χ4v) is 1.21. The van der Waals surface area contributed by atoms with E-state index in [0.717, 1.165) is 12.0 Å². The third-order valence-corrected chi connectivity index (χ3v) is 2.04. The minimum atomic E-state index is -0.493. The van der Waals surface area contributed by atoms with Gasteiger partial charge in [-0.05, 0) is 24.0 Å². The second kappa shape index (κ2) is 4.77. The summed E-state index contributed by atoms with van der Waals surface area (Å²) in [5.74, 6) is 0. The van der Waals surface area contributed by atoms with Crippen molar-refractivity contribution in [1.82, 2.24) is 0 Å². The van der Waals surface area contributed by atoms with Crippen LogP contribution in [0.1, 0.15) is 18.1 Å². The number of aryl methyl sites for hydroxylation is 1. The van der Waals surface area contributed by atoms with Crippen molar-refractivity contribution in [1.29, 1.82) is 0 Å². The summed E-state index contributed by atoms with van der Waals surface area (Å²) in [7, 11) is 0. The minimum absolute atomic E-state index is 0.493. The van der Waals surface area contributed by atoms with Gasteiger partial charge >= 0.3 is 0 Å². The van der Waals surface area contributed by atoms with Crippen LogP contribution in [0, 0.1) is 0 Å². The van der Waals surface area contributed by atoms with Crippen molar-refractivity contribution in [3.8, 4) is 0 Å². The smallest absolute Gasteiger partial charge is 0.217 e. The molecular weight excluding hydrogens is 162 g/mol. The van der Waals surface area contributed by atoms with E-state index in [0.29, 0.717) is 6.42 Å². The molecule has 0 aliphatic rings. The molecule has 0 aromatic heterocycles. The van der Waals surface area contributed by atoms with Crippen LogP contribution >= 0.6 is 0 Å². The molecule has 13 heavy (non-hydrogen) atoms. The number of benzene rings is 1. The van der Waals surface area contributed by atoms with Gasteiger partial charge in [-0.2, -0.15) is 0 Å². The zero-order valence-corrected chi connectivity index (χ0v) is 7.79.